The van der Waals surface area contributed by atoms with E-state index in [0.717, 1.165) is 24.2 Å². The van der Waals surface area contributed by atoms with Gasteiger partial charge in [-0.1, -0.05) is 25.1 Å². The Labute approximate surface area is 120 Å². The molecule has 0 spiro atoms. The Morgan fingerprint density at radius 1 is 1.30 bits per heavy atom. The van der Waals surface area contributed by atoms with Gasteiger partial charge in [-0.15, -0.1) is 0 Å². The topological polar surface area (TPSA) is 47.6 Å². The molecule has 0 unspecified atom stereocenters. The first kappa shape index (κ1) is 16.2. The van der Waals surface area contributed by atoms with Gasteiger partial charge in [-0.3, -0.25) is 4.79 Å². The van der Waals surface area contributed by atoms with E-state index < -0.39 is 0 Å². The molecular weight excluding hydrogens is 254 g/mol. The molecule has 1 rings (SSSR count). The van der Waals surface area contributed by atoms with Crippen molar-refractivity contribution in [1.29, 1.82) is 0 Å². The van der Waals surface area contributed by atoms with Crippen molar-refractivity contribution in [2.45, 2.75) is 19.8 Å². The van der Waals surface area contributed by atoms with E-state index in [1.165, 1.54) is 6.08 Å². The molecule has 0 aliphatic heterocycles. The lowest BCUT2D eigenvalue weighted by atomic mass is 10.2. The summed E-state index contributed by atoms with van der Waals surface area (Å²) < 4.78 is 10.6. The number of hydrogen-bond acceptors (Lipinski definition) is 3. The number of carbonyl (C=O) groups is 1. The SMILES string of the molecule is CCCOc1ccccc1/C=C/C(=O)NCCCOC. The molecule has 0 radical (unpaired) electrons. The molecule has 0 aromatic heterocycles. The number of rotatable bonds is 9. The monoisotopic (exact) mass is 277 g/mol. The molecule has 20 heavy (non-hydrogen) atoms. The second-order valence-electron chi connectivity index (χ2n) is 4.36. The standard InChI is InChI=1S/C16H23NO3/c1-3-12-20-15-8-5-4-7-14(15)9-10-16(18)17-11-6-13-19-2/h4-5,7-10H,3,6,11-13H2,1-2H3,(H,17,18)/b10-9+. The fraction of sp³-hybridized carbons (Fsp3) is 0.438. The van der Waals surface area contributed by atoms with E-state index in [1.54, 1.807) is 13.2 Å². The second kappa shape index (κ2) is 10.0. The summed E-state index contributed by atoms with van der Waals surface area (Å²) in [6.45, 7) is 4.00. The highest BCUT2D eigenvalue weighted by Crippen LogP contribution is 2.19. The predicted molar refractivity (Wildman–Crippen MR) is 80.8 cm³/mol. The lowest BCUT2D eigenvalue weighted by Gasteiger charge is -2.07. The minimum atomic E-state index is -0.105. The number of ether oxygens (including phenoxy) is 2. The summed E-state index contributed by atoms with van der Waals surface area (Å²) in [4.78, 5) is 11.6. The summed E-state index contributed by atoms with van der Waals surface area (Å²) >= 11 is 0. The zero-order chi connectivity index (χ0) is 14.6. The molecule has 0 bridgehead atoms. The predicted octanol–water partition coefficient (Wildman–Crippen LogP) is 2.64. The molecular formula is C16H23NO3. The first-order valence-corrected chi connectivity index (χ1v) is 6.94. The van der Waals surface area contributed by atoms with E-state index in [0.29, 0.717) is 19.8 Å². The maximum Gasteiger partial charge on any atom is 0.244 e. The maximum atomic E-state index is 11.6. The number of benzene rings is 1. The molecule has 0 aliphatic rings. The van der Waals surface area contributed by atoms with Gasteiger partial charge in [0.2, 0.25) is 5.91 Å². The Balaban J connectivity index is 2.49. The van der Waals surface area contributed by atoms with Gasteiger partial charge in [-0.2, -0.15) is 0 Å². The average molecular weight is 277 g/mol. The molecule has 110 valence electrons. The van der Waals surface area contributed by atoms with Crippen LogP contribution in [0.25, 0.3) is 6.08 Å². The molecule has 0 aliphatic carbocycles. The highest BCUT2D eigenvalue weighted by Gasteiger charge is 2.00. The van der Waals surface area contributed by atoms with Crippen LogP contribution < -0.4 is 10.1 Å². The molecule has 0 saturated carbocycles. The van der Waals surface area contributed by atoms with Crippen LogP contribution in [0.15, 0.2) is 30.3 Å². The van der Waals surface area contributed by atoms with Crippen molar-refractivity contribution in [2.75, 3.05) is 26.9 Å². The maximum absolute atomic E-state index is 11.6. The van der Waals surface area contributed by atoms with Crippen LogP contribution in [-0.2, 0) is 9.53 Å². The summed E-state index contributed by atoms with van der Waals surface area (Å²) in [5, 5.41) is 2.80. The quantitative estimate of drug-likeness (QED) is 0.557. The number of nitrogens with one attached hydrogen (secondary N) is 1. The summed E-state index contributed by atoms with van der Waals surface area (Å²) in [5.74, 6) is 0.698. The van der Waals surface area contributed by atoms with E-state index in [1.807, 2.05) is 24.3 Å². The molecule has 4 nitrogen and oxygen atoms in total. The van der Waals surface area contributed by atoms with Crippen molar-refractivity contribution < 1.29 is 14.3 Å². The van der Waals surface area contributed by atoms with Crippen LogP contribution in [0.5, 0.6) is 5.75 Å². The molecule has 0 fully saturated rings. The summed E-state index contributed by atoms with van der Waals surface area (Å²) in [7, 11) is 1.65. The Kier molecular flexibility index (Phi) is 8.15. The summed E-state index contributed by atoms with van der Waals surface area (Å²) in [5.41, 5.74) is 0.910. The van der Waals surface area contributed by atoms with E-state index in [4.69, 9.17) is 9.47 Å². The van der Waals surface area contributed by atoms with Gasteiger partial charge in [-0.25, -0.2) is 0 Å². The Morgan fingerprint density at radius 3 is 2.85 bits per heavy atom. The van der Waals surface area contributed by atoms with Gasteiger partial charge in [0.05, 0.1) is 6.61 Å². The first-order valence-electron chi connectivity index (χ1n) is 6.94. The number of methoxy groups -OCH3 is 1. The largest absolute Gasteiger partial charge is 0.493 e. The van der Waals surface area contributed by atoms with Crippen molar-refractivity contribution in [3.8, 4) is 5.75 Å². The lowest BCUT2D eigenvalue weighted by Crippen LogP contribution is -2.22. The fourth-order valence-electron chi connectivity index (χ4n) is 1.61. The molecule has 1 N–H and O–H groups in total. The van der Waals surface area contributed by atoms with Crippen molar-refractivity contribution >= 4 is 12.0 Å². The average Bonchev–Trinajstić information content (AvgIpc) is 2.48. The van der Waals surface area contributed by atoms with Crippen LogP contribution in [0, 0.1) is 0 Å². The normalized spacial score (nSPS) is 10.7. The number of para-hydroxylation sites is 1. The summed E-state index contributed by atoms with van der Waals surface area (Å²) in [6.07, 6.45) is 5.07. The van der Waals surface area contributed by atoms with Gasteiger partial charge in [0.1, 0.15) is 5.75 Å². The van der Waals surface area contributed by atoms with Crippen LogP contribution in [0.4, 0.5) is 0 Å². The smallest absolute Gasteiger partial charge is 0.244 e. The zero-order valence-electron chi connectivity index (χ0n) is 12.2. The van der Waals surface area contributed by atoms with E-state index in [9.17, 15) is 4.79 Å². The number of carbonyl (C=O) groups excluding carboxylic acids is 1. The van der Waals surface area contributed by atoms with Gasteiger partial charge in [-0.05, 0) is 25.0 Å². The summed E-state index contributed by atoms with van der Waals surface area (Å²) in [6, 6.07) is 7.69. The highest BCUT2D eigenvalue weighted by atomic mass is 16.5. The Hall–Kier alpha value is -1.81. The van der Waals surface area contributed by atoms with E-state index in [2.05, 4.69) is 12.2 Å². The molecule has 0 heterocycles. The third kappa shape index (κ3) is 6.38. The fourth-order valence-corrected chi connectivity index (χ4v) is 1.61. The number of amides is 1. The van der Waals surface area contributed by atoms with Crippen LogP contribution in [0.2, 0.25) is 0 Å². The van der Waals surface area contributed by atoms with Gasteiger partial charge in [0.25, 0.3) is 0 Å². The van der Waals surface area contributed by atoms with Gasteiger partial charge < -0.3 is 14.8 Å². The van der Waals surface area contributed by atoms with E-state index >= 15 is 0 Å². The van der Waals surface area contributed by atoms with Crippen molar-refractivity contribution in [3.05, 3.63) is 35.9 Å². The van der Waals surface area contributed by atoms with Crippen LogP contribution in [0.1, 0.15) is 25.3 Å². The van der Waals surface area contributed by atoms with Crippen molar-refractivity contribution in [1.82, 2.24) is 5.32 Å². The number of hydrogen-bond donors (Lipinski definition) is 1. The van der Waals surface area contributed by atoms with E-state index in [-0.39, 0.29) is 5.91 Å². The second-order valence-corrected chi connectivity index (χ2v) is 4.36. The Bertz CT molecular complexity index is 429. The Morgan fingerprint density at radius 2 is 2.10 bits per heavy atom. The molecule has 0 saturated heterocycles. The van der Waals surface area contributed by atoms with Crippen molar-refractivity contribution in [2.24, 2.45) is 0 Å². The minimum Gasteiger partial charge on any atom is -0.493 e. The molecule has 1 aromatic carbocycles. The minimum absolute atomic E-state index is 0.105. The van der Waals surface area contributed by atoms with Gasteiger partial charge in [0, 0.05) is 31.9 Å². The molecule has 4 heteroatoms. The molecule has 1 aromatic rings. The van der Waals surface area contributed by atoms with Gasteiger partial charge >= 0.3 is 0 Å². The van der Waals surface area contributed by atoms with Gasteiger partial charge in [0.15, 0.2) is 0 Å². The molecule has 1 amide bonds. The zero-order valence-corrected chi connectivity index (χ0v) is 12.2. The lowest BCUT2D eigenvalue weighted by molar-refractivity contribution is -0.116. The third-order valence-corrected chi connectivity index (χ3v) is 2.62. The highest BCUT2D eigenvalue weighted by molar-refractivity contribution is 5.92. The third-order valence-electron chi connectivity index (χ3n) is 2.62. The molecule has 0 atom stereocenters. The van der Waals surface area contributed by atoms with Crippen LogP contribution >= 0.6 is 0 Å². The first-order chi connectivity index (χ1) is 9.77. The van der Waals surface area contributed by atoms with Crippen LogP contribution in [-0.4, -0.2) is 32.8 Å². The van der Waals surface area contributed by atoms with Crippen LogP contribution in [0.3, 0.4) is 0 Å². The van der Waals surface area contributed by atoms with Crippen molar-refractivity contribution in [3.63, 3.8) is 0 Å².